The number of H-pyrrole nitrogens is 1. The maximum atomic E-state index is 13.2. The number of aryl methyl sites for hydroxylation is 2. The summed E-state index contributed by atoms with van der Waals surface area (Å²) in [5, 5.41) is 4.20. The monoisotopic (exact) mass is 417 g/mol. The molecule has 0 spiro atoms. The lowest BCUT2D eigenvalue weighted by molar-refractivity contribution is 0.184. The van der Waals surface area contributed by atoms with E-state index in [9.17, 15) is 9.59 Å². The minimum absolute atomic E-state index is 0.101. The number of nitrogens with one attached hydrogen (secondary N) is 2. The molecule has 5 heteroatoms. The zero-order valence-corrected chi connectivity index (χ0v) is 18.4. The third-order valence-corrected chi connectivity index (χ3v) is 6.15. The van der Waals surface area contributed by atoms with Crippen LogP contribution in [0.15, 0.2) is 53.3 Å². The highest BCUT2D eigenvalue weighted by molar-refractivity contribution is 5.80. The first-order valence-electron chi connectivity index (χ1n) is 11.2. The van der Waals surface area contributed by atoms with Crippen LogP contribution in [0.25, 0.3) is 10.9 Å². The highest BCUT2D eigenvalue weighted by atomic mass is 16.2. The Balaban J connectivity index is 1.60. The molecule has 1 aromatic heterocycles. The van der Waals surface area contributed by atoms with Gasteiger partial charge in [0.15, 0.2) is 0 Å². The second kappa shape index (κ2) is 9.38. The van der Waals surface area contributed by atoms with E-state index < -0.39 is 0 Å². The first-order valence-corrected chi connectivity index (χ1v) is 11.2. The van der Waals surface area contributed by atoms with Crippen molar-refractivity contribution in [2.45, 2.75) is 65.1 Å². The van der Waals surface area contributed by atoms with Crippen molar-refractivity contribution in [2.24, 2.45) is 0 Å². The van der Waals surface area contributed by atoms with Gasteiger partial charge in [-0.1, -0.05) is 60.7 Å². The molecule has 0 aliphatic heterocycles. The van der Waals surface area contributed by atoms with Gasteiger partial charge in [-0.25, -0.2) is 4.79 Å². The van der Waals surface area contributed by atoms with E-state index in [1.807, 2.05) is 44.2 Å². The Morgan fingerprint density at radius 2 is 1.68 bits per heavy atom. The highest BCUT2D eigenvalue weighted by Crippen LogP contribution is 2.19. The zero-order chi connectivity index (χ0) is 21.8. The van der Waals surface area contributed by atoms with Crippen molar-refractivity contribution >= 4 is 16.9 Å². The number of rotatable bonds is 5. The first-order chi connectivity index (χ1) is 15.0. The molecule has 1 aliphatic rings. The number of urea groups is 1. The molecule has 1 saturated carbocycles. The van der Waals surface area contributed by atoms with Gasteiger partial charge in [-0.15, -0.1) is 0 Å². The van der Waals surface area contributed by atoms with Gasteiger partial charge in [0.25, 0.3) is 5.56 Å². The van der Waals surface area contributed by atoms with Crippen molar-refractivity contribution in [1.29, 1.82) is 0 Å². The molecule has 2 N–H and O–H groups in total. The highest BCUT2D eigenvalue weighted by Gasteiger charge is 2.21. The van der Waals surface area contributed by atoms with Crippen molar-refractivity contribution in [2.75, 3.05) is 0 Å². The maximum Gasteiger partial charge on any atom is 0.318 e. The summed E-state index contributed by atoms with van der Waals surface area (Å²) in [4.78, 5) is 30.7. The molecule has 2 aromatic carbocycles. The van der Waals surface area contributed by atoms with Gasteiger partial charge in [0, 0.05) is 23.7 Å². The average molecular weight is 418 g/mol. The maximum absolute atomic E-state index is 13.2. The van der Waals surface area contributed by atoms with Crippen molar-refractivity contribution in [3.05, 3.63) is 81.1 Å². The van der Waals surface area contributed by atoms with E-state index in [4.69, 9.17) is 0 Å². The van der Waals surface area contributed by atoms with Gasteiger partial charge in [0.05, 0.1) is 6.54 Å². The number of hydrogen-bond donors (Lipinski definition) is 2. The van der Waals surface area contributed by atoms with Crippen LogP contribution < -0.4 is 10.9 Å². The van der Waals surface area contributed by atoms with E-state index in [2.05, 4.69) is 28.5 Å². The lowest BCUT2D eigenvalue weighted by atomic mass is 9.96. The Hall–Kier alpha value is -3.08. The Kier molecular flexibility index (Phi) is 6.40. The summed E-state index contributed by atoms with van der Waals surface area (Å²) in [6, 6.07) is 16.2. The molecule has 4 rings (SSSR count). The standard InChI is InChI=1S/C26H31N3O2/c1-18-8-11-20(12-9-18)16-29(26(31)27-23-6-4-3-5-7-23)17-22-15-21-14-19(2)10-13-24(21)28-25(22)30/h8-15,23H,3-7,16-17H2,1-2H3,(H,27,31)(H,28,30). The van der Waals surface area contributed by atoms with Gasteiger partial charge in [-0.2, -0.15) is 0 Å². The Bertz CT molecular complexity index is 1110. The van der Waals surface area contributed by atoms with E-state index in [1.165, 1.54) is 12.0 Å². The molecule has 0 radical (unpaired) electrons. The van der Waals surface area contributed by atoms with Crippen molar-refractivity contribution in [1.82, 2.24) is 15.2 Å². The van der Waals surface area contributed by atoms with Gasteiger partial charge < -0.3 is 15.2 Å². The largest absolute Gasteiger partial charge is 0.335 e. The number of hydrogen-bond acceptors (Lipinski definition) is 2. The van der Waals surface area contributed by atoms with Crippen LogP contribution >= 0.6 is 0 Å². The fourth-order valence-electron chi connectivity index (χ4n) is 4.32. The number of pyridine rings is 1. The van der Waals surface area contributed by atoms with Crippen molar-refractivity contribution < 1.29 is 4.79 Å². The van der Waals surface area contributed by atoms with Crippen LogP contribution in [-0.4, -0.2) is 22.0 Å². The van der Waals surface area contributed by atoms with Crippen LogP contribution in [0.5, 0.6) is 0 Å². The fraction of sp³-hybridized carbons (Fsp3) is 0.385. The van der Waals surface area contributed by atoms with Gasteiger partial charge in [-0.3, -0.25) is 4.79 Å². The lowest BCUT2D eigenvalue weighted by Gasteiger charge is -2.28. The molecule has 0 atom stereocenters. The summed E-state index contributed by atoms with van der Waals surface area (Å²) in [7, 11) is 0. The topological polar surface area (TPSA) is 65.2 Å². The van der Waals surface area contributed by atoms with Gasteiger partial charge in [-0.05, 0) is 55.8 Å². The molecule has 1 aliphatic carbocycles. The molecule has 1 fully saturated rings. The van der Waals surface area contributed by atoms with Gasteiger partial charge >= 0.3 is 6.03 Å². The summed E-state index contributed by atoms with van der Waals surface area (Å²) in [6.45, 7) is 4.81. The van der Waals surface area contributed by atoms with Crippen molar-refractivity contribution in [3.63, 3.8) is 0 Å². The minimum atomic E-state index is -0.143. The summed E-state index contributed by atoms with van der Waals surface area (Å²) >= 11 is 0. The molecule has 5 nitrogen and oxygen atoms in total. The first kappa shape index (κ1) is 21.2. The van der Waals surface area contributed by atoms with E-state index in [0.29, 0.717) is 12.1 Å². The molecule has 162 valence electrons. The molecule has 3 aromatic rings. The SMILES string of the molecule is Cc1ccc(CN(Cc2cc3cc(C)ccc3[nH]c2=O)C(=O)NC2CCCCC2)cc1. The van der Waals surface area contributed by atoms with E-state index >= 15 is 0 Å². The molecule has 2 amide bonds. The fourth-order valence-corrected chi connectivity index (χ4v) is 4.32. The molecule has 0 saturated heterocycles. The molecular formula is C26H31N3O2. The number of amides is 2. The Labute approximate surface area is 183 Å². The van der Waals surface area contributed by atoms with E-state index in [-0.39, 0.29) is 24.2 Å². The summed E-state index contributed by atoms with van der Waals surface area (Å²) in [5.74, 6) is 0. The van der Waals surface area contributed by atoms with Crippen LogP contribution in [0.3, 0.4) is 0 Å². The predicted octanol–water partition coefficient (Wildman–Crippen LogP) is 5.19. The third-order valence-electron chi connectivity index (χ3n) is 6.15. The van der Waals surface area contributed by atoms with Gasteiger partial charge in [0.1, 0.15) is 0 Å². The molecule has 31 heavy (non-hydrogen) atoms. The smallest absolute Gasteiger partial charge is 0.318 e. The molecular weight excluding hydrogens is 386 g/mol. The van der Waals surface area contributed by atoms with E-state index in [1.54, 1.807) is 4.90 Å². The number of carbonyl (C=O) groups excluding carboxylic acids is 1. The second-order valence-corrected chi connectivity index (χ2v) is 8.84. The molecule has 0 unspecified atom stereocenters. The van der Waals surface area contributed by atoms with Crippen LogP contribution in [0.2, 0.25) is 0 Å². The van der Waals surface area contributed by atoms with Crippen LogP contribution in [-0.2, 0) is 13.1 Å². The number of nitrogens with zero attached hydrogens (tertiary/aromatic N) is 1. The number of aromatic nitrogens is 1. The predicted molar refractivity (Wildman–Crippen MR) is 125 cm³/mol. The summed E-state index contributed by atoms with van der Waals surface area (Å²) in [5.41, 5.74) is 4.65. The average Bonchev–Trinajstić information content (AvgIpc) is 2.76. The number of fused-ring (bicyclic) bond motifs is 1. The minimum Gasteiger partial charge on any atom is -0.335 e. The van der Waals surface area contributed by atoms with Crippen molar-refractivity contribution in [3.8, 4) is 0 Å². The Morgan fingerprint density at radius 3 is 2.42 bits per heavy atom. The second-order valence-electron chi connectivity index (χ2n) is 8.84. The third kappa shape index (κ3) is 5.35. The number of carbonyl (C=O) groups is 1. The summed E-state index contributed by atoms with van der Waals surface area (Å²) < 4.78 is 0. The van der Waals surface area contributed by atoms with E-state index in [0.717, 1.165) is 47.7 Å². The van der Waals surface area contributed by atoms with Crippen LogP contribution in [0, 0.1) is 13.8 Å². The summed E-state index contributed by atoms with van der Waals surface area (Å²) in [6.07, 6.45) is 5.62. The lowest BCUT2D eigenvalue weighted by Crippen LogP contribution is -2.45. The van der Waals surface area contributed by atoms with Crippen LogP contribution in [0.4, 0.5) is 4.79 Å². The molecule has 0 bridgehead atoms. The molecule has 1 heterocycles. The normalized spacial score (nSPS) is 14.5. The number of aromatic amines is 1. The van der Waals surface area contributed by atoms with Gasteiger partial charge in [0.2, 0.25) is 0 Å². The van der Waals surface area contributed by atoms with Crippen LogP contribution in [0.1, 0.15) is 54.4 Å². The quantitative estimate of drug-likeness (QED) is 0.600. The zero-order valence-electron chi connectivity index (χ0n) is 18.4. The Morgan fingerprint density at radius 1 is 0.968 bits per heavy atom. The number of benzene rings is 2.